The van der Waals surface area contributed by atoms with E-state index in [4.69, 9.17) is 4.52 Å². The Labute approximate surface area is 162 Å². The number of rotatable bonds is 6. The maximum Gasteiger partial charge on any atom is 0.231 e. The standard InChI is InChI=1S/C22H18N4O2/c27-20(14-16-6-2-1-3-7-16)24-19-9-5-4-8-18(19)15-21-25-22(26-28-21)17-10-12-23-13-11-17/h1-13H,14-15H2,(H,24,27). The average molecular weight is 370 g/mol. The van der Waals surface area contributed by atoms with Crippen molar-refractivity contribution < 1.29 is 9.32 Å². The van der Waals surface area contributed by atoms with E-state index in [9.17, 15) is 4.79 Å². The van der Waals surface area contributed by atoms with Crippen LogP contribution in [0.5, 0.6) is 0 Å². The highest BCUT2D eigenvalue weighted by Gasteiger charge is 2.13. The van der Waals surface area contributed by atoms with Gasteiger partial charge in [-0.1, -0.05) is 53.7 Å². The van der Waals surface area contributed by atoms with Crippen molar-refractivity contribution in [3.63, 3.8) is 0 Å². The van der Waals surface area contributed by atoms with Gasteiger partial charge in [-0.15, -0.1) is 0 Å². The van der Waals surface area contributed by atoms with Crippen LogP contribution in [0.15, 0.2) is 83.6 Å². The first-order valence-electron chi connectivity index (χ1n) is 8.92. The third kappa shape index (κ3) is 4.29. The van der Waals surface area contributed by atoms with E-state index in [1.54, 1.807) is 12.4 Å². The summed E-state index contributed by atoms with van der Waals surface area (Å²) in [4.78, 5) is 20.8. The number of amides is 1. The van der Waals surface area contributed by atoms with Crippen LogP contribution in [-0.4, -0.2) is 21.0 Å². The maximum absolute atomic E-state index is 12.4. The van der Waals surface area contributed by atoms with Gasteiger partial charge in [0.25, 0.3) is 0 Å². The number of carbonyl (C=O) groups excluding carboxylic acids is 1. The van der Waals surface area contributed by atoms with Gasteiger partial charge in [-0.05, 0) is 29.3 Å². The highest BCUT2D eigenvalue weighted by molar-refractivity contribution is 5.93. The molecule has 0 saturated heterocycles. The largest absolute Gasteiger partial charge is 0.339 e. The lowest BCUT2D eigenvalue weighted by molar-refractivity contribution is -0.115. The number of nitrogens with one attached hydrogen (secondary N) is 1. The Balaban J connectivity index is 1.47. The van der Waals surface area contributed by atoms with E-state index in [-0.39, 0.29) is 5.91 Å². The Kier molecular flexibility index (Phi) is 5.20. The highest BCUT2D eigenvalue weighted by Crippen LogP contribution is 2.21. The topological polar surface area (TPSA) is 80.9 Å². The number of nitrogens with zero attached hydrogens (tertiary/aromatic N) is 3. The van der Waals surface area contributed by atoms with Gasteiger partial charge in [0, 0.05) is 23.6 Å². The van der Waals surface area contributed by atoms with E-state index in [0.717, 1.165) is 22.4 Å². The number of hydrogen-bond donors (Lipinski definition) is 1. The minimum Gasteiger partial charge on any atom is -0.339 e. The Morgan fingerprint density at radius 2 is 1.68 bits per heavy atom. The number of aromatic nitrogens is 3. The monoisotopic (exact) mass is 370 g/mol. The summed E-state index contributed by atoms with van der Waals surface area (Å²) in [6.07, 6.45) is 4.12. The van der Waals surface area contributed by atoms with E-state index in [1.807, 2.05) is 66.7 Å². The fourth-order valence-electron chi connectivity index (χ4n) is 2.88. The second-order valence-corrected chi connectivity index (χ2v) is 6.29. The van der Waals surface area contributed by atoms with Gasteiger partial charge in [-0.2, -0.15) is 4.98 Å². The molecule has 0 unspecified atom stereocenters. The fraction of sp³-hybridized carbons (Fsp3) is 0.0909. The summed E-state index contributed by atoms with van der Waals surface area (Å²) < 4.78 is 5.38. The Hall–Kier alpha value is -3.80. The molecule has 0 aliphatic carbocycles. The molecule has 0 fully saturated rings. The third-order valence-electron chi connectivity index (χ3n) is 4.25. The summed E-state index contributed by atoms with van der Waals surface area (Å²) in [6.45, 7) is 0. The fourth-order valence-corrected chi connectivity index (χ4v) is 2.88. The zero-order valence-electron chi connectivity index (χ0n) is 15.1. The van der Waals surface area contributed by atoms with Crippen molar-refractivity contribution in [3.05, 3.63) is 96.1 Å². The van der Waals surface area contributed by atoms with Crippen LogP contribution in [0.1, 0.15) is 17.0 Å². The van der Waals surface area contributed by atoms with Gasteiger partial charge in [0.05, 0.1) is 12.8 Å². The SMILES string of the molecule is O=C(Cc1ccccc1)Nc1ccccc1Cc1nc(-c2ccncc2)no1. The number of para-hydroxylation sites is 1. The predicted molar refractivity (Wildman–Crippen MR) is 106 cm³/mol. The van der Waals surface area contributed by atoms with Gasteiger partial charge in [0.2, 0.25) is 17.6 Å². The van der Waals surface area contributed by atoms with Crippen LogP contribution in [0.3, 0.4) is 0 Å². The van der Waals surface area contributed by atoms with Crippen LogP contribution >= 0.6 is 0 Å². The van der Waals surface area contributed by atoms with Gasteiger partial charge in [0.15, 0.2) is 0 Å². The molecule has 138 valence electrons. The number of anilines is 1. The molecule has 0 radical (unpaired) electrons. The summed E-state index contributed by atoms with van der Waals surface area (Å²) in [7, 11) is 0. The van der Waals surface area contributed by atoms with Crippen LogP contribution < -0.4 is 5.32 Å². The zero-order valence-corrected chi connectivity index (χ0v) is 15.1. The van der Waals surface area contributed by atoms with Gasteiger partial charge in [-0.3, -0.25) is 9.78 Å². The summed E-state index contributed by atoms with van der Waals surface area (Å²) in [5, 5.41) is 7.01. The minimum atomic E-state index is -0.0679. The average Bonchev–Trinajstić information content (AvgIpc) is 3.19. The van der Waals surface area contributed by atoms with E-state index < -0.39 is 0 Å². The number of carbonyl (C=O) groups is 1. The highest BCUT2D eigenvalue weighted by atomic mass is 16.5. The molecule has 2 aromatic carbocycles. The van der Waals surface area contributed by atoms with Crippen molar-refractivity contribution in [1.82, 2.24) is 15.1 Å². The van der Waals surface area contributed by atoms with Crippen molar-refractivity contribution in [3.8, 4) is 11.4 Å². The van der Waals surface area contributed by atoms with Crippen molar-refractivity contribution in [2.45, 2.75) is 12.8 Å². The molecule has 28 heavy (non-hydrogen) atoms. The molecule has 0 saturated carbocycles. The van der Waals surface area contributed by atoms with Gasteiger partial charge in [0.1, 0.15) is 0 Å². The molecular weight excluding hydrogens is 352 g/mol. The molecule has 2 heterocycles. The van der Waals surface area contributed by atoms with E-state index in [2.05, 4.69) is 20.4 Å². The van der Waals surface area contributed by atoms with E-state index in [0.29, 0.717) is 24.6 Å². The van der Waals surface area contributed by atoms with Gasteiger partial charge < -0.3 is 9.84 Å². The van der Waals surface area contributed by atoms with Gasteiger partial charge in [-0.25, -0.2) is 0 Å². The predicted octanol–water partition coefficient (Wildman–Crippen LogP) is 3.90. The number of pyridine rings is 1. The molecular formula is C22H18N4O2. The quantitative estimate of drug-likeness (QED) is 0.557. The van der Waals surface area contributed by atoms with Crippen molar-refractivity contribution in [1.29, 1.82) is 0 Å². The maximum atomic E-state index is 12.4. The van der Waals surface area contributed by atoms with Crippen molar-refractivity contribution in [2.75, 3.05) is 5.32 Å². The molecule has 0 atom stereocenters. The van der Waals surface area contributed by atoms with E-state index >= 15 is 0 Å². The van der Waals surface area contributed by atoms with Crippen LogP contribution in [-0.2, 0) is 17.6 Å². The molecule has 1 amide bonds. The lowest BCUT2D eigenvalue weighted by Gasteiger charge is -2.10. The van der Waals surface area contributed by atoms with Crippen LogP contribution in [0.25, 0.3) is 11.4 Å². The van der Waals surface area contributed by atoms with Gasteiger partial charge >= 0.3 is 0 Å². The molecule has 1 N–H and O–H groups in total. The second kappa shape index (κ2) is 8.26. The molecule has 0 aliphatic rings. The Bertz CT molecular complexity index is 1060. The van der Waals surface area contributed by atoms with Crippen molar-refractivity contribution in [2.24, 2.45) is 0 Å². The first-order valence-corrected chi connectivity index (χ1v) is 8.92. The van der Waals surface area contributed by atoms with Crippen LogP contribution in [0.4, 0.5) is 5.69 Å². The summed E-state index contributed by atoms with van der Waals surface area (Å²) >= 11 is 0. The normalized spacial score (nSPS) is 10.6. The lowest BCUT2D eigenvalue weighted by Crippen LogP contribution is -2.15. The minimum absolute atomic E-state index is 0.0679. The third-order valence-corrected chi connectivity index (χ3v) is 4.25. The summed E-state index contributed by atoms with van der Waals surface area (Å²) in [5.74, 6) is 0.932. The van der Waals surface area contributed by atoms with E-state index in [1.165, 1.54) is 0 Å². The smallest absolute Gasteiger partial charge is 0.231 e. The van der Waals surface area contributed by atoms with Crippen molar-refractivity contribution >= 4 is 11.6 Å². The zero-order chi connectivity index (χ0) is 19.2. The van der Waals surface area contributed by atoms with Crippen LogP contribution in [0, 0.1) is 0 Å². The Morgan fingerprint density at radius 3 is 2.50 bits per heavy atom. The summed E-state index contributed by atoms with van der Waals surface area (Å²) in [5.41, 5.74) is 3.46. The Morgan fingerprint density at radius 1 is 0.929 bits per heavy atom. The lowest BCUT2D eigenvalue weighted by atomic mass is 10.1. The first-order chi connectivity index (χ1) is 13.8. The molecule has 0 spiro atoms. The second-order valence-electron chi connectivity index (χ2n) is 6.29. The first kappa shape index (κ1) is 17.6. The molecule has 4 aromatic rings. The summed E-state index contributed by atoms with van der Waals surface area (Å²) in [6, 6.07) is 20.9. The molecule has 6 heteroatoms. The number of benzene rings is 2. The van der Waals surface area contributed by atoms with Crippen LogP contribution in [0.2, 0.25) is 0 Å². The molecule has 0 bridgehead atoms. The molecule has 0 aliphatic heterocycles. The molecule has 4 rings (SSSR count). The molecule has 2 aromatic heterocycles. The number of hydrogen-bond acceptors (Lipinski definition) is 5. The molecule has 6 nitrogen and oxygen atoms in total.